The summed E-state index contributed by atoms with van der Waals surface area (Å²) in [5.74, 6) is -0.465. The van der Waals surface area contributed by atoms with Crippen LogP contribution in [0.1, 0.15) is 11.4 Å². The molecule has 0 radical (unpaired) electrons. The van der Waals surface area contributed by atoms with Crippen molar-refractivity contribution in [2.24, 2.45) is 10.7 Å². The van der Waals surface area contributed by atoms with E-state index < -0.39 is 5.82 Å². The van der Waals surface area contributed by atoms with Crippen LogP contribution in [0.3, 0.4) is 0 Å². The highest BCUT2D eigenvalue weighted by atomic mass is 35.5. The molecule has 0 aliphatic heterocycles. The maximum Gasteiger partial charge on any atom is 0.174 e. The fourth-order valence-electron chi connectivity index (χ4n) is 1.72. The summed E-state index contributed by atoms with van der Waals surface area (Å²) < 4.78 is 19.3. The van der Waals surface area contributed by atoms with Crippen LogP contribution < -0.4 is 5.73 Å². The van der Waals surface area contributed by atoms with Crippen LogP contribution in [0.25, 0.3) is 0 Å². The smallest absolute Gasteiger partial charge is 0.174 e. The Bertz CT molecular complexity index is 815. The minimum Gasteiger partial charge on any atom is -0.382 e. The molecular formula is C12H9ClFN7O. The Kier molecular flexibility index (Phi) is 3.79. The summed E-state index contributed by atoms with van der Waals surface area (Å²) in [7, 11) is 0. The van der Waals surface area contributed by atoms with Crippen LogP contribution in [0.5, 0.6) is 0 Å². The van der Waals surface area contributed by atoms with Gasteiger partial charge in [-0.3, -0.25) is 0 Å². The molecule has 3 aromatic rings. The van der Waals surface area contributed by atoms with Gasteiger partial charge < -0.3 is 5.73 Å². The quantitative estimate of drug-likeness (QED) is 0.576. The molecule has 0 saturated heterocycles. The third-order valence-corrected chi connectivity index (χ3v) is 3.02. The highest BCUT2D eigenvalue weighted by Crippen LogP contribution is 2.22. The highest BCUT2D eigenvalue weighted by molar-refractivity contribution is 6.31. The van der Waals surface area contributed by atoms with E-state index in [1.54, 1.807) is 0 Å². The molecule has 0 bridgehead atoms. The normalized spacial score (nSPS) is 11.8. The SMILES string of the molecule is NC(=Nc1ccc(F)c(Cl)c1)c1nonc1Cn1cncn1. The van der Waals surface area contributed by atoms with Crippen molar-refractivity contribution < 1.29 is 9.02 Å². The van der Waals surface area contributed by atoms with E-state index in [1.807, 2.05) is 0 Å². The molecule has 0 aliphatic carbocycles. The van der Waals surface area contributed by atoms with Crippen molar-refractivity contribution in [3.8, 4) is 0 Å². The lowest BCUT2D eigenvalue weighted by atomic mass is 10.3. The second-order valence-electron chi connectivity index (χ2n) is 4.25. The summed E-state index contributed by atoms with van der Waals surface area (Å²) in [6.45, 7) is 0.277. The summed E-state index contributed by atoms with van der Waals surface area (Å²) in [6, 6.07) is 4.00. The standard InChI is InChI=1S/C12H9ClFN7O/c13-8-3-7(1-2-9(8)14)18-12(15)11-10(19-22-20-11)4-21-6-16-5-17-21/h1-3,5-6H,4H2,(H2,15,18). The van der Waals surface area contributed by atoms with Crippen LogP contribution in [-0.2, 0) is 6.54 Å². The van der Waals surface area contributed by atoms with Gasteiger partial charge in [0.1, 0.15) is 24.2 Å². The lowest BCUT2D eigenvalue weighted by Crippen LogP contribution is -2.17. The summed E-state index contributed by atoms with van der Waals surface area (Å²) in [5.41, 5.74) is 7.00. The molecular weight excluding hydrogens is 313 g/mol. The van der Waals surface area contributed by atoms with Crippen LogP contribution in [0.2, 0.25) is 5.02 Å². The van der Waals surface area contributed by atoms with E-state index in [1.165, 1.54) is 35.5 Å². The molecule has 0 saturated carbocycles. The molecule has 3 rings (SSSR count). The van der Waals surface area contributed by atoms with Gasteiger partial charge in [-0.1, -0.05) is 16.8 Å². The molecule has 0 unspecified atom stereocenters. The Balaban J connectivity index is 1.88. The largest absolute Gasteiger partial charge is 0.382 e. The monoisotopic (exact) mass is 321 g/mol. The summed E-state index contributed by atoms with van der Waals surface area (Å²) in [6.07, 6.45) is 2.91. The van der Waals surface area contributed by atoms with Crippen LogP contribution in [-0.4, -0.2) is 30.9 Å². The lowest BCUT2D eigenvalue weighted by molar-refractivity contribution is 0.301. The third-order valence-electron chi connectivity index (χ3n) is 2.73. The van der Waals surface area contributed by atoms with E-state index in [2.05, 4.69) is 30.0 Å². The number of nitrogens with two attached hydrogens (primary N) is 1. The lowest BCUT2D eigenvalue weighted by Gasteiger charge is -2.01. The molecule has 0 atom stereocenters. The number of halogens is 2. The number of amidine groups is 1. The molecule has 2 heterocycles. The topological polar surface area (TPSA) is 108 Å². The fraction of sp³-hybridized carbons (Fsp3) is 0.0833. The van der Waals surface area contributed by atoms with E-state index >= 15 is 0 Å². The van der Waals surface area contributed by atoms with Crippen molar-refractivity contribution in [3.63, 3.8) is 0 Å². The molecule has 0 amide bonds. The van der Waals surface area contributed by atoms with E-state index in [0.29, 0.717) is 11.4 Å². The van der Waals surface area contributed by atoms with Gasteiger partial charge in [-0.15, -0.1) is 0 Å². The van der Waals surface area contributed by atoms with Gasteiger partial charge in [-0.2, -0.15) is 5.10 Å². The van der Waals surface area contributed by atoms with Crippen molar-refractivity contribution in [2.45, 2.75) is 6.54 Å². The van der Waals surface area contributed by atoms with E-state index in [0.717, 1.165) is 0 Å². The maximum atomic E-state index is 13.1. The van der Waals surface area contributed by atoms with Gasteiger partial charge in [0.15, 0.2) is 11.5 Å². The van der Waals surface area contributed by atoms with E-state index in [-0.39, 0.29) is 23.1 Å². The molecule has 0 aliphatic rings. The Morgan fingerprint density at radius 2 is 2.27 bits per heavy atom. The van der Waals surface area contributed by atoms with E-state index in [4.69, 9.17) is 17.3 Å². The number of nitrogens with zero attached hydrogens (tertiary/aromatic N) is 6. The molecule has 10 heteroatoms. The molecule has 112 valence electrons. The predicted molar refractivity (Wildman–Crippen MR) is 75.2 cm³/mol. The van der Waals surface area contributed by atoms with Gasteiger partial charge in [0.05, 0.1) is 17.3 Å². The Labute approximate surface area is 128 Å². The van der Waals surface area contributed by atoms with Gasteiger partial charge in [-0.05, 0) is 23.4 Å². The maximum absolute atomic E-state index is 13.1. The molecule has 2 aromatic heterocycles. The first-order chi connectivity index (χ1) is 10.6. The Morgan fingerprint density at radius 1 is 1.41 bits per heavy atom. The van der Waals surface area contributed by atoms with Crippen LogP contribution in [0.4, 0.5) is 10.1 Å². The number of hydrogen-bond donors (Lipinski definition) is 1. The molecule has 8 nitrogen and oxygen atoms in total. The first-order valence-electron chi connectivity index (χ1n) is 6.07. The zero-order valence-electron chi connectivity index (χ0n) is 11.0. The number of hydrogen-bond acceptors (Lipinski definition) is 6. The van der Waals surface area contributed by atoms with Gasteiger partial charge in [0.25, 0.3) is 0 Å². The van der Waals surface area contributed by atoms with Gasteiger partial charge in [0.2, 0.25) is 0 Å². The fourth-order valence-corrected chi connectivity index (χ4v) is 1.89. The zero-order valence-corrected chi connectivity index (χ0v) is 11.8. The van der Waals surface area contributed by atoms with Crippen LogP contribution >= 0.6 is 11.6 Å². The molecule has 22 heavy (non-hydrogen) atoms. The minimum atomic E-state index is -0.533. The number of aromatic nitrogens is 5. The average molecular weight is 322 g/mol. The second-order valence-corrected chi connectivity index (χ2v) is 4.66. The van der Waals surface area contributed by atoms with Gasteiger partial charge >= 0.3 is 0 Å². The minimum absolute atomic E-state index is 0.0461. The third kappa shape index (κ3) is 2.93. The number of benzene rings is 1. The summed E-state index contributed by atoms with van der Waals surface area (Å²) in [5, 5.41) is 11.4. The van der Waals surface area contributed by atoms with Crippen molar-refractivity contribution in [2.75, 3.05) is 0 Å². The van der Waals surface area contributed by atoms with Crippen LogP contribution in [0.15, 0.2) is 40.5 Å². The first kappa shape index (κ1) is 14.1. The van der Waals surface area contributed by atoms with Crippen molar-refractivity contribution in [1.82, 2.24) is 25.1 Å². The number of aliphatic imine (C=N–C) groups is 1. The first-order valence-corrected chi connectivity index (χ1v) is 6.44. The van der Waals surface area contributed by atoms with Crippen LogP contribution in [0, 0.1) is 5.82 Å². The summed E-state index contributed by atoms with van der Waals surface area (Å²) in [4.78, 5) is 7.95. The van der Waals surface area contributed by atoms with E-state index in [9.17, 15) is 4.39 Å². The average Bonchev–Trinajstić information content (AvgIpc) is 3.15. The molecule has 0 fully saturated rings. The Morgan fingerprint density at radius 3 is 3.00 bits per heavy atom. The molecule has 1 aromatic carbocycles. The van der Waals surface area contributed by atoms with Gasteiger partial charge in [0, 0.05) is 0 Å². The predicted octanol–water partition coefficient (Wildman–Crippen LogP) is 1.54. The Hall–Kier alpha value is -2.81. The summed E-state index contributed by atoms with van der Waals surface area (Å²) >= 11 is 5.70. The highest BCUT2D eigenvalue weighted by Gasteiger charge is 2.15. The zero-order chi connectivity index (χ0) is 15.5. The van der Waals surface area contributed by atoms with Crippen molar-refractivity contribution in [1.29, 1.82) is 0 Å². The molecule has 2 N–H and O–H groups in total. The number of rotatable bonds is 4. The van der Waals surface area contributed by atoms with Crippen molar-refractivity contribution in [3.05, 3.63) is 53.1 Å². The van der Waals surface area contributed by atoms with Crippen molar-refractivity contribution >= 4 is 23.1 Å². The van der Waals surface area contributed by atoms with Gasteiger partial charge in [-0.25, -0.2) is 23.7 Å². The second kappa shape index (κ2) is 5.90. The molecule has 0 spiro atoms.